The lowest BCUT2D eigenvalue weighted by Gasteiger charge is -2.19. The maximum atomic E-state index is 11.5. The number of amides is 1. The van der Waals surface area contributed by atoms with E-state index in [-0.39, 0.29) is 0 Å². The minimum Gasteiger partial charge on any atom is -0.492 e. The molecule has 0 saturated heterocycles. The SMILES string of the molecule is CCCNCc1cc(Br)cc(OCCNC(=O)OC(C)(C)C)c1. The highest BCUT2D eigenvalue weighted by Crippen LogP contribution is 2.21. The molecule has 1 rings (SSSR count). The Balaban J connectivity index is 2.38. The molecule has 0 aliphatic carbocycles. The van der Waals surface area contributed by atoms with E-state index in [1.807, 2.05) is 32.9 Å². The first-order valence-corrected chi connectivity index (χ1v) is 8.69. The van der Waals surface area contributed by atoms with Crippen molar-refractivity contribution >= 4 is 22.0 Å². The average molecular weight is 387 g/mol. The monoisotopic (exact) mass is 386 g/mol. The molecule has 1 amide bonds. The molecule has 0 aromatic heterocycles. The molecule has 0 saturated carbocycles. The second kappa shape index (κ2) is 9.78. The van der Waals surface area contributed by atoms with Crippen LogP contribution in [0.15, 0.2) is 22.7 Å². The third-order valence-electron chi connectivity index (χ3n) is 2.73. The number of alkyl carbamates (subject to hydrolysis) is 1. The highest BCUT2D eigenvalue weighted by Gasteiger charge is 2.15. The molecule has 0 unspecified atom stereocenters. The number of hydrogen-bond acceptors (Lipinski definition) is 4. The second-order valence-corrected chi connectivity index (χ2v) is 7.16. The normalized spacial score (nSPS) is 11.2. The van der Waals surface area contributed by atoms with Crippen molar-refractivity contribution in [2.24, 2.45) is 0 Å². The van der Waals surface area contributed by atoms with Crippen molar-refractivity contribution < 1.29 is 14.3 Å². The summed E-state index contributed by atoms with van der Waals surface area (Å²) in [4.78, 5) is 11.5. The van der Waals surface area contributed by atoms with E-state index in [1.165, 1.54) is 0 Å². The number of rotatable bonds is 8. The number of nitrogens with one attached hydrogen (secondary N) is 2. The quantitative estimate of drug-likeness (QED) is 0.666. The smallest absolute Gasteiger partial charge is 0.407 e. The van der Waals surface area contributed by atoms with E-state index in [0.717, 1.165) is 35.3 Å². The van der Waals surface area contributed by atoms with Crippen LogP contribution < -0.4 is 15.4 Å². The summed E-state index contributed by atoms with van der Waals surface area (Å²) in [5.41, 5.74) is 0.665. The Labute approximate surface area is 147 Å². The fourth-order valence-corrected chi connectivity index (χ4v) is 2.37. The molecule has 6 heteroatoms. The molecule has 0 aliphatic rings. The van der Waals surface area contributed by atoms with Gasteiger partial charge in [-0.05, 0) is 57.5 Å². The number of ether oxygens (including phenoxy) is 2. The van der Waals surface area contributed by atoms with Crippen molar-refractivity contribution in [3.05, 3.63) is 28.2 Å². The minimum absolute atomic E-state index is 0.386. The zero-order valence-electron chi connectivity index (χ0n) is 14.4. The van der Waals surface area contributed by atoms with Gasteiger partial charge in [-0.1, -0.05) is 22.9 Å². The summed E-state index contributed by atoms with van der Waals surface area (Å²) < 4.78 is 11.8. The van der Waals surface area contributed by atoms with E-state index >= 15 is 0 Å². The Hall–Kier alpha value is -1.27. The maximum absolute atomic E-state index is 11.5. The number of halogens is 1. The van der Waals surface area contributed by atoms with Gasteiger partial charge in [-0.3, -0.25) is 0 Å². The number of hydrogen-bond donors (Lipinski definition) is 2. The number of benzene rings is 1. The van der Waals surface area contributed by atoms with E-state index in [0.29, 0.717) is 13.2 Å². The Morgan fingerprint density at radius 1 is 1.22 bits per heavy atom. The fraction of sp³-hybridized carbons (Fsp3) is 0.588. The van der Waals surface area contributed by atoms with Crippen molar-refractivity contribution in [1.29, 1.82) is 0 Å². The van der Waals surface area contributed by atoms with Gasteiger partial charge in [0.25, 0.3) is 0 Å². The van der Waals surface area contributed by atoms with Crippen molar-refractivity contribution in [2.75, 3.05) is 19.7 Å². The Bertz CT molecular complexity index is 501. The lowest BCUT2D eigenvalue weighted by molar-refractivity contribution is 0.0520. The topological polar surface area (TPSA) is 59.6 Å². The Kier molecular flexibility index (Phi) is 8.41. The Morgan fingerprint density at radius 2 is 1.96 bits per heavy atom. The minimum atomic E-state index is -0.490. The van der Waals surface area contributed by atoms with Crippen LogP contribution in [0.5, 0.6) is 5.75 Å². The summed E-state index contributed by atoms with van der Waals surface area (Å²) in [6.07, 6.45) is 0.674. The largest absolute Gasteiger partial charge is 0.492 e. The van der Waals surface area contributed by atoms with Gasteiger partial charge in [0, 0.05) is 11.0 Å². The summed E-state index contributed by atoms with van der Waals surface area (Å²) in [6.45, 7) is 10.2. The molecule has 130 valence electrons. The lowest BCUT2D eigenvalue weighted by atomic mass is 10.2. The predicted molar refractivity (Wildman–Crippen MR) is 95.9 cm³/mol. The summed E-state index contributed by atoms with van der Waals surface area (Å²) in [6, 6.07) is 5.98. The zero-order chi connectivity index (χ0) is 17.3. The van der Waals surface area contributed by atoms with Crippen LogP contribution in [0.25, 0.3) is 0 Å². The molecular weight excluding hydrogens is 360 g/mol. The summed E-state index contributed by atoms with van der Waals surface area (Å²) in [5.74, 6) is 0.777. The highest BCUT2D eigenvalue weighted by molar-refractivity contribution is 9.10. The third kappa shape index (κ3) is 9.46. The third-order valence-corrected chi connectivity index (χ3v) is 3.18. The summed E-state index contributed by atoms with van der Waals surface area (Å²) in [5, 5.41) is 6.03. The van der Waals surface area contributed by atoms with E-state index < -0.39 is 11.7 Å². The molecule has 0 bridgehead atoms. The average Bonchev–Trinajstić information content (AvgIpc) is 2.41. The van der Waals surface area contributed by atoms with Crippen LogP contribution in [0.2, 0.25) is 0 Å². The van der Waals surface area contributed by atoms with Crippen LogP contribution in [-0.4, -0.2) is 31.4 Å². The van der Waals surface area contributed by atoms with Gasteiger partial charge >= 0.3 is 6.09 Å². The predicted octanol–water partition coefficient (Wildman–Crippen LogP) is 3.85. The van der Waals surface area contributed by atoms with Crippen LogP contribution in [0.1, 0.15) is 39.7 Å². The lowest BCUT2D eigenvalue weighted by Crippen LogP contribution is -2.34. The van der Waals surface area contributed by atoms with Crippen LogP contribution in [0.3, 0.4) is 0 Å². The van der Waals surface area contributed by atoms with Crippen LogP contribution in [0.4, 0.5) is 4.79 Å². The van der Waals surface area contributed by atoms with E-state index in [1.54, 1.807) is 0 Å². The number of carbonyl (C=O) groups is 1. The molecule has 0 heterocycles. The summed E-state index contributed by atoms with van der Waals surface area (Å²) >= 11 is 3.49. The summed E-state index contributed by atoms with van der Waals surface area (Å²) in [7, 11) is 0. The highest BCUT2D eigenvalue weighted by atomic mass is 79.9. The van der Waals surface area contributed by atoms with Gasteiger partial charge in [-0.2, -0.15) is 0 Å². The van der Waals surface area contributed by atoms with Gasteiger partial charge in [0.05, 0.1) is 6.54 Å². The van der Waals surface area contributed by atoms with E-state index in [2.05, 4.69) is 39.6 Å². The van der Waals surface area contributed by atoms with E-state index in [9.17, 15) is 4.79 Å². The van der Waals surface area contributed by atoms with Crippen molar-refractivity contribution in [2.45, 2.75) is 46.3 Å². The molecule has 0 radical (unpaired) electrons. The Morgan fingerprint density at radius 3 is 2.61 bits per heavy atom. The van der Waals surface area contributed by atoms with Gasteiger partial charge in [-0.15, -0.1) is 0 Å². The van der Waals surface area contributed by atoms with Gasteiger partial charge in [0.1, 0.15) is 18.0 Å². The molecule has 0 aliphatic heterocycles. The fourth-order valence-electron chi connectivity index (χ4n) is 1.85. The van der Waals surface area contributed by atoms with Gasteiger partial charge in [0.15, 0.2) is 0 Å². The molecule has 0 fully saturated rings. The molecule has 2 N–H and O–H groups in total. The standard InChI is InChI=1S/C17H27BrN2O3/c1-5-6-19-12-13-9-14(18)11-15(10-13)22-8-7-20-16(21)23-17(2,3)4/h9-11,19H,5-8,12H2,1-4H3,(H,20,21). The van der Waals surface area contributed by atoms with Crippen LogP contribution in [-0.2, 0) is 11.3 Å². The molecule has 5 nitrogen and oxygen atoms in total. The molecular formula is C17H27BrN2O3. The number of carbonyl (C=O) groups excluding carboxylic acids is 1. The first-order chi connectivity index (χ1) is 10.8. The van der Waals surface area contributed by atoms with Crippen molar-refractivity contribution in [3.63, 3.8) is 0 Å². The molecule has 1 aromatic rings. The van der Waals surface area contributed by atoms with Crippen LogP contribution >= 0.6 is 15.9 Å². The van der Waals surface area contributed by atoms with Crippen molar-refractivity contribution in [3.8, 4) is 5.75 Å². The molecule has 0 spiro atoms. The first-order valence-electron chi connectivity index (χ1n) is 7.90. The maximum Gasteiger partial charge on any atom is 0.407 e. The van der Waals surface area contributed by atoms with Gasteiger partial charge in [0.2, 0.25) is 0 Å². The first kappa shape index (κ1) is 19.8. The second-order valence-electron chi connectivity index (χ2n) is 6.25. The molecule has 23 heavy (non-hydrogen) atoms. The van der Waals surface area contributed by atoms with Crippen LogP contribution in [0, 0.1) is 0 Å². The zero-order valence-corrected chi connectivity index (χ0v) is 16.0. The van der Waals surface area contributed by atoms with Gasteiger partial charge in [-0.25, -0.2) is 4.79 Å². The van der Waals surface area contributed by atoms with E-state index in [4.69, 9.17) is 9.47 Å². The van der Waals surface area contributed by atoms with Crippen molar-refractivity contribution in [1.82, 2.24) is 10.6 Å². The molecule has 0 atom stereocenters. The molecule has 1 aromatic carbocycles. The van der Waals surface area contributed by atoms with Gasteiger partial charge < -0.3 is 20.1 Å².